The number of aromatic nitrogens is 1. The molecule has 0 aliphatic carbocycles. The van der Waals surface area contributed by atoms with Crippen molar-refractivity contribution in [3.8, 4) is 0 Å². The van der Waals surface area contributed by atoms with E-state index in [4.69, 9.17) is 5.41 Å². The summed E-state index contributed by atoms with van der Waals surface area (Å²) in [6, 6.07) is 12.6. The van der Waals surface area contributed by atoms with Crippen LogP contribution in [-0.2, 0) is 0 Å². The van der Waals surface area contributed by atoms with Gasteiger partial charge < -0.3 is 4.98 Å². The molecule has 0 saturated carbocycles. The van der Waals surface area contributed by atoms with Crippen LogP contribution in [0.5, 0.6) is 0 Å². The molecule has 0 amide bonds. The topological polar surface area (TPSA) is 56.7 Å². The van der Waals surface area contributed by atoms with E-state index in [0.717, 1.165) is 16.8 Å². The molecule has 1 aromatic carbocycles. The highest BCUT2D eigenvalue weighted by Gasteiger charge is 2.07. The fraction of sp³-hybridized carbons (Fsp3) is 0.200. The number of rotatable bonds is 2. The minimum atomic E-state index is -0.137. The monoisotopic (exact) mass is 242 g/mol. The van der Waals surface area contributed by atoms with Gasteiger partial charge in [-0.3, -0.25) is 10.2 Å². The van der Waals surface area contributed by atoms with Gasteiger partial charge in [0.05, 0.1) is 5.71 Å². The Bertz CT molecular complexity index is 571. The zero-order chi connectivity index (χ0) is 13.5. The minimum Gasteiger partial charge on any atom is -0.326 e. The fourth-order valence-electron chi connectivity index (χ4n) is 1.61. The maximum Gasteiger partial charge on any atom is 0.248 e. The minimum absolute atomic E-state index is 0.137. The number of aryl methyl sites for hydroxylation is 1. The fourth-order valence-corrected chi connectivity index (χ4v) is 1.61. The van der Waals surface area contributed by atoms with E-state index in [-0.39, 0.29) is 5.56 Å². The molecule has 0 saturated heterocycles. The van der Waals surface area contributed by atoms with E-state index < -0.39 is 0 Å². The highest BCUT2D eigenvalue weighted by Crippen LogP contribution is 2.10. The number of hydrogen-bond donors (Lipinski definition) is 2. The Morgan fingerprint density at radius 2 is 1.67 bits per heavy atom. The summed E-state index contributed by atoms with van der Waals surface area (Å²) < 4.78 is 0. The van der Waals surface area contributed by atoms with Crippen LogP contribution in [0.2, 0.25) is 0 Å². The van der Waals surface area contributed by atoms with Crippen molar-refractivity contribution < 1.29 is 0 Å². The van der Waals surface area contributed by atoms with Crippen molar-refractivity contribution in [1.82, 2.24) is 4.98 Å². The second kappa shape index (κ2) is 6.55. The standard InChI is InChI=1S/C13H12N2O.C2H6/c1-9-11(7-8-12(16)15-9)13(14)10-5-3-2-4-6-10;1-2/h2-8,14H,1H3,(H,15,16);1-2H3. The average Bonchev–Trinajstić information content (AvgIpc) is 2.41. The predicted octanol–water partition coefficient (Wildman–Crippen LogP) is 3.13. The van der Waals surface area contributed by atoms with E-state index in [1.807, 2.05) is 44.2 Å². The van der Waals surface area contributed by atoms with Gasteiger partial charge in [-0.05, 0) is 13.0 Å². The Hall–Kier alpha value is -2.16. The van der Waals surface area contributed by atoms with Crippen molar-refractivity contribution in [3.63, 3.8) is 0 Å². The number of nitrogens with one attached hydrogen (secondary N) is 2. The first kappa shape index (κ1) is 13.9. The van der Waals surface area contributed by atoms with Crippen LogP contribution in [-0.4, -0.2) is 10.7 Å². The summed E-state index contributed by atoms with van der Waals surface area (Å²) in [4.78, 5) is 13.8. The predicted molar refractivity (Wildman–Crippen MR) is 75.5 cm³/mol. The summed E-state index contributed by atoms with van der Waals surface area (Å²) in [6.45, 7) is 5.80. The van der Waals surface area contributed by atoms with Crippen LogP contribution in [0.25, 0.3) is 0 Å². The first-order chi connectivity index (χ1) is 8.68. The second-order valence-corrected chi connectivity index (χ2v) is 3.60. The number of hydrogen-bond acceptors (Lipinski definition) is 2. The summed E-state index contributed by atoms with van der Waals surface area (Å²) in [5, 5.41) is 8.06. The molecule has 0 fully saturated rings. The van der Waals surface area contributed by atoms with Gasteiger partial charge >= 0.3 is 0 Å². The quantitative estimate of drug-likeness (QED) is 0.781. The SMILES string of the molecule is CC.Cc1[nH]c(=O)ccc1C(=N)c1ccccc1. The number of pyridine rings is 1. The van der Waals surface area contributed by atoms with Crippen LogP contribution in [0.15, 0.2) is 47.3 Å². The van der Waals surface area contributed by atoms with Gasteiger partial charge in [0.1, 0.15) is 0 Å². The molecule has 0 radical (unpaired) electrons. The third-order valence-electron chi connectivity index (χ3n) is 2.45. The molecule has 2 N–H and O–H groups in total. The zero-order valence-electron chi connectivity index (χ0n) is 10.9. The Morgan fingerprint density at radius 1 is 1.06 bits per heavy atom. The van der Waals surface area contributed by atoms with E-state index in [9.17, 15) is 4.79 Å². The Balaban J connectivity index is 0.000000771. The molecule has 0 aliphatic heterocycles. The van der Waals surface area contributed by atoms with Crippen molar-refractivity contribution in [2.24, 2.45) is 0 Å². The summed E-state index contributed by atoms with van der Waals surface area (Å²) in [5.74, 6) is 0. The van der Waals surface area contributed by atoms with Crippen LogP contribution in [0, 0.1) is 12.3 Å². The molecule has 3 heteroatoms. The highest BCUT2D eigenvalue weighted by atomic mass is 16.1. The molecule has 94 valence electrons. The van der Waals surface area contributed by atoms with Crippen molar-refractivity contribution in [3.05, 3.63) is 69.6 Å². The first-order valence-electron chi connectivity index (χ1n) is 6.03. The molecule has 2 aromatic rings. The third kappa shape index (κ3) is 3.17. The second-order valence-electron chi connectivity index (χ2n) is 3.60. The van der Waals surface area contributed by atoms with Gasteiger partial charge in [0.25, 0.3) is 0 Å². The molecule has 0 unspecified atom stereocenters. The Kier molecular flexibility index (Phi) is 5.06. The maximum atomic E-state index is 11.1. The first-order valence-corrected chi connectivity index (χ1v) is 6.03. The van der Waals surface area contributed by atoms with Gasteiger partial charge in [-0.15, -0.1) is 0 Å². The lowest BCUT2D eigenvalue weighted by atomic mass is 10.0. The third-order valence-corrected chi connectivity index (χ3v) is 2.45. The lowest BCUT2D eigenvalue weighted by Gasteiger charge is -2.06. The molecular formula is C15H18N2O. The number of benzene rings is 1. The molecule has 0 bridgehead atoms. The van der Waals surface area contributed by atoms with Crippen LogP contribution < -0.4 is 5.56 Å². The highest BCUT2D eigenvalue weighted by molar-refractivity contribution is 6.11. The molecule has 0 aliphatic rings. The number of aromatic amines is 1. The van der Waals surface area contributed by atoms with Gasteiger partial charge in [-0.25, -0.2) is 0 Å². The normalized spacial score (nSPS) is 9.28. The smallest absolute Gasteiger partial charge is 0.248 e. The average molecular weight is 242 g/mol. The molecule has 0 atom stereocenters. The van der Waals surface area contributed by atoms with Crippen LogP contribution in [0.3, 0.4) is 0 Å². The lowest BCUT2D eigenvalue weighted by Crippen LogP contribution is -2.11. The van der Waals surface area contributed by atoms with Gasteiger partial charge in [0.2, 0.25) is 5.56 Å². The van der Waals surface area contributed by atoms with Crippen LogP contribution >= 0.6 is 0 Å². The summed E-state index contributed by atoms with van der Waals surface area (Å²) in [6.07, 6.45) is 0. The van der Waals surface area contributed by atoms with E-state index in [2.05, 4.69) is 4.98 Å². The van der Waals surface area contributed by atoms with E-state index >= 15 is 0 Å². The molecule has 1 heterocycles. The van der Waals surface area contributed by atoms with Crippen molar-refractivity contribution >= 4 is 5.71 Å². The molecule has 1 aromatic heterocycles. The van der Waals surface area contributed by atoms with Crippen molar-refractivity contribution in [2.75, 3.05) is 0 Å². The Labute approximate surface area is 107 Å². The van der Waals surface area contributed by atoms with E-state index in [1.54, 1.807) is 13.0 Å². The molecule has 0 spiro atoms. The van der Waals surface area contributed by atoms with Crippen molar-refractivity contribution in [2.45, 2.75) is 20.8 Å². The van der Waals surface area contributed by atoms with Crippen molar-refractivity contribution in [1.29, 1.82) is 5.41 Å². The molecule has 18 heavy (non-hydrogen) atoms. The summed E-state index contributed by atoms with van der Waals surface area (Å²) >= 11 is 0. The molecule has 3 nitrogen and oxygen atoms in total. The zero-order valence-corrected chi connectivity index (χ0v) is 10.9. The largest absolute Gasteiger partial charge is 0.326 e. The van der Waals surface area contributed by atoms with E-state index in [0.29, 0.717) is 5.71 Å². The van der Waals surface area contributed by atoms with E-state index in [1.165, 1.54) is 6.07 Å². The maximum absolute atomic E-state index is 11.1. The van der Waals surface area contributed by atoms with Gasteiger partial charge in [0.15, 0.2) is 0 Å². The van der Waals surface area contributed by atoms with Gasteiger partial charge in [-0.1, -0.05) is 44.2 Å². The molecule has 2 rings (SSSR count). The summed E-state index contributed by atoms with van der Waals surface area (Å²) in [5.41, 5.74) is 2.61. The van der Waals surface area contributed by atoms with Crippen LogP contribution in [0.1, 0.15) is 30.7 Å². The Morgan fingerprint density at radius 3 is 2.22 bits per heavy atom. The molecular weight excluding hydrogens is 224 g/mol. The van der Waals surface area contributed by atoms with Crippen LogP contribution in [0.4, 0.5) is 0 Å². The van der Waals surface area contributed by atoms with Gasteiger partial charge in [0, 0.05) is 22.9 Å². The number of H-pyrrole nitrogens is 1. The summed E-state index contributed by atoms with van der Waals surface area (Å²) in [7, 11) is 0. The lowest BCUT2D eigenvalue weighted by molar-refractivity contribution is 1.13. The van der Waals surface area contributed by atoms with Gasteiger partial charge in [-0.2, -0.15) is 0 Å².